The molecular weight excluding hydrogens is 258 g/mol. The second-order valence-electron chi connectivity index (χ2n) is 4.32. The summed E-state index contributed by atoms with van der Waals surface area (Å²) in [5.41, 5.74) is 2.16. The van der Waals surface area contributed by atoms with Crippen molar-refractivity contribution in [3.8, 4) is 0 Å². The highest BCUT2D eigenvalue weighted by Crippen LogP contribution is 2.28. The Kier molecular flexibility index (Phi) is 4.77. The van der Waals surface area contributed by atoms with Gasteiger partial charge in [-0.2, -0.15) is 0 Å². The van der Waals surface area contributed by atoms with Crippen molar-refractivity contribution in [2.75, 3.05) is 18.5 Å². The summed E-state index contributed by atoms with van der Waals surface area (Å²) in [6.07, 6.45) is 1.86. The molecule has 0 radical (unpaired) electrons. The number of hydrogen-bond acceptors (Lipinski definition) is 3. The third-order valence-corrected chi connectivity index (χ3v) is 3.20. The molecule has 3 nitrogen and oxygen atoms in total. The Labute approximate surface area is 119 Å². The summed E-state index contributed by atoms with van der Waals surface area (Å²) in [6, 6.07) is 12.0. The number of nitrogens with one attached hydrogen (secondary N) is 1. The Morgan fingerprint density at radius 2 is 2.00 bits per heavy atom. The molecule has 0 unspecified atom stereocenters. The van der Waals surface area contributed by atoms with Crippen molar-refractivity contribution in [2.24, 2.45) is 0 Å². The second kappa shape index (κ2) is 6.55. The fourth-order valence-electron chi connectivity index (χ4n) is 1.86. The van der Waals surface area contributed by atoms with Gasteiger partial charge < -0.3 is 10.2 Å². The maximum atomic E-state index is 6.32. The summed E-state index contributed by atoms with van der Waals surface area (Å²) in [5.74, 6) is 0.771. The van der Waals surface area contributed by atoms with Crippen LogP contribution in [0.1, 0.15) is 12.5 Å². The molecule has 1 heterocycles. The van der Waals surface area contributed by atoms with E-state index in [1.807, 2.05) is 54.5 Å². The SMILES string of the molecule is CCNCc1cnc(N(C)c2ccccc2)c(Cl)c1. The van der Waals surface area contributed by atoms with Gasteiger partial charge in [0.1, 0.15) is 0 Å². The van der Waals surface area contributed by atoms with Crippen molar-refractivity contribution in [3.63, 3.8) is 0 Å². The average Bonchev–Trinajstić information content (AvgIpc) is 2.45. The molecule has 0 aliphatic carbocycles. The van der Waals surface area contributed by atoms with Crippen LogP contribution in [0.25, 0.3) is 0 Å². The summed E-state index contributed by atoms with van der Waals surface area (Å²) in [5, 5.41) is 3.93. The van der Waals surface area contributed by atoms with Gasteiger partial charge in [-0.3, -0.25) is 0 Å². The first-order chi connectivity index (χ1) is 9.22. The van der Waals surface area contributed by atoms with Crippen LogP contribution in [0.15, 0.2) is 42.6 Å². The van der Waals surface area contributed by atoms with E-state index in [4.69, 9.17) is 11.6 Å². The average molecular weight is 276 g/mol. The highest BCUT2D eigenvalue weighted by Gasteiger charge is 2.10. The van der Waals surface area contributed by atoms with Crippen LogP contribution in [0, 0.1) is 0 Å². The first kappa shape index (κ1) is 13.8. The molecule has 2 aromatic rings. The van der Waals surface area contributed by atoms with Crippen molar-refractivity contribution in [1.29, 1.82) is 0 Å². The van der Waals surface area contributed by atoms with Crippen LogP contribution >= 0.6 is 11.6 Å². The minimum Gasteiger partial charge on any atom is -0.328 e. The molecule has 100 valence electrons. The van der Waals surface area contributed by atoms with E-state index in [0.717, 1.165) is 30.2 Å². The number of halogens is 1. The van der Waals surface area contributed by atoms with Crippen LogP contribution in [-0.2, 0) is 6.54 Å². The molecule has 4 heteroatoms. The fraction of sp³-hybridized carbons (Fsp3) is 0.267. The van der Waals surface area contributed by atoms with Crippen molar-refractivity contribution >= 4 is 23.1 Å². The molecule has 1 N–H and O–H groups in total. The van der Waals surface area contributed by atoms with Crippen LogP contribution in [0.5, 0.6) is 0 Å². The molecule has 1 aromatic heterocycles. The summed E-state index contributed by atoms with van der Waals surface area (Å²) in [7, 11) is 1.97. The third-order valence-electron chi connectivity index (χ3n) is 2.92. The standard InChI is InChI=1S/C15H18ClN3/c1-3-17-10-12-9-14(16)15(18-11-12)19(2)13-7-5-4-6-8-13/h4-9,11,17H,3,10H2,1-2H3. The molecule has 19 heavy (non-hydrogen) atoms. The van der Waals surface area contributed by atoms with Crippen molar-refractivity contribution in [3.05, 3.63) is 53.2 Å². The Hall–Kier alpha value is -1.58. The molecule has 2 rings (SSSR count). The predicted molar refractivity (Wildman–Crippen MR) is 81.1 cm³/mol. The Bertz CT molecular complexity index is 528. The van der Waals surface area contributed by atoms with Gasteiger partial charge in [-0.1, -0.05) is 36.7 Å². The van der Waals surface area contributed by atoms with E-state index in [1.54, 1.807) is 0 Å². The van der Waals surface area contributed by atoms with E-state index < -0.39 is 0 Å². The molecule has 0 spiro atoms. The topological polar surface area (TPSA) is 28.2 Å². The Balaban J connectivity index is 2.21. The summed E-state index contributed by atoms with van der Waals surface area (Å²) in [6.45, 7) is 3.80. The largest absolute Gasteiger partial charge is 0.328 e. The molecule has 1 aromatic carbocycles. The number of rotatable bonds is 5. The van der Waals surface area contributed by atoms with Gasteiger partial charge in [0.05, 0.1) is 5.02 Å². The summed E-state index contributed by atoms with van der Waals surface area (Å²) < 4.78 is 0. The molecule has 0 aliphatic heterocycles. The normalized spacial score (nSPS) is 10.5. The molecule has 0 atom stereocenters. The minimum atomic E-state index is 0.668. The van der Waals surface area contributed by atoms with Gasteiger partial charge in [0, 0.05) is 25.5 Å². The van der Waals surface area contributed by atoms with Gasteiger partial charge in [-0.05, 0) is 30.3 Å². The molecule has 0 fully saturated rings. The highest BCUT2D eigenvalue weighted by molar-refractivity contribution is 6.33. The first-order valence-corrected chi connectivity index (χ1v) is 6.74. The number of aromatic nitrogens is 1. The molecule has 0 aliphatic rings. The van der Waals surface area contributed by atoms with Crippen molar-refractivity contribution in [2.45, 2.75) is 13.5 Å². The van der Waals surface area contributed by atoms with Crippen LogP contribution < -0.4 is 10.2 Å². The summed E-state index contributed by atoms with van der Waals surface area (Å²) in [4.78, 5) is 6.45. The highest BCUT2D eigenvalue weighted by atomic mass is 35.5. The number of anilines is 2. The first-order valence-electron chi connectivity index (χ1n) is 6.36. The lowest BCUT2D eigenvalue weighted by molar-refractivity contribution is 0.724. The predicted octanol–water partition coefficient (Wildman–Crippen LogP) is 3.61. The lowest BCUT2D eigenvalue weighted by atomic mass is 10.2. The number of pyridine rings is 1. The second-order valence-corrected chi connectivity index (χ2v) is 4.73. The molecule has 0 amide bonds. The fourth-order valence-corrected chi connectivity index (χ4v) is 2.17. The van der Waals surface area contributed by atoms with Crippen LogP contribution in [-0.4, -0.2) is 18.6 Å². The van der Waals surface area contributed by atoms with Crippen LogP contribution in [0.2, 0.25) is 5.02 Å². The van der Waals surface area contributed by atoms with Gasteiger partial charge >= 0.3 is 0 Å². The zero-order valence-corrected chi connectivity index (χ0v) is 12.0. The van der Waals surface area contributed by atoms with Crippen molar-refractivity contribution in [1.82, 2.24) is 10.3 Å². The van der Waals surface area contributed by atoms with E-state index in [9.17, 15) is 0 Å². The number of nitrogens with zero attached hydrogens (tertiary/aromatic N) is 2. The maximum absolute atomic E-state index is 6.32. The van der Waals surface area contributed by atoms with Gasteiger partial charge in [-0.15, -0.1) is 0 Å². The van der Waals surface area contributed by atoms with Gasteiger partial charge in [0.15, 0.2) is 5.82 Å². The smallest absolute Gasteiger partial charge is 0.151 e. The number of para-hydroxylation sites is 1. The van der Waals surface area contributed by atoms with Gasteiger partial charge in [-0.25, -0.2) is 4.98 Å². The molecule has 0 bridgehead atoms. The van der Waals surface area contributed by atoms with Gasteiger partial charge in [0.25, 0.3) is 0 Å². The molecule has 0 saturated carbocycles. The molecule has 0 saturated heterocycles. The lowest BCUT2D eigenvalue weighted by Gasteiger charge is -2.19. The van der Waals surface area contributed by atoms with Crippen LogP contribution in [0.4, 0.5) is 11.5 Å². The summed E-state index contributed by atoms with van der Waals surface area (Å²) >= 11 is 6.32. The van der Waals surface area contributed by atoms with Crippen LogP contribution in [0.3, 0.4) is 0 Å². The van der Waals surface area contributed by atoms with E-state index in [-0.39, 0.29) is 0 Å². The van der Waals surface area contributed by atoms with E-state index in [0.29, 0.717) is 5.02 Å². The van der Waals surface area contributed by atoms with Crippen molar-refractivity contribution < 1.29 is 0 Å². The quantitative estimate of drug-likeness (QED) is 0.903. The Morgan fingerprint density at radius 3 is 2.63 bits per heavy atom. The van der Waals surface area contributed by atoms with Gasteiger partial charge in [0.2, 0.25) is 0 Å². The maximum Gasteiger partial charge on any atom is 0.151 e. The zero-order chi connectivity index (χ0) is 13.7. The molecular formula is C15H18ClN3. The monoisotopic (exact) mass is 275 g/mol. The minimum absolute atomic E-state index is 0.668. The lowest BCUT2D eigenvalue weighted by Crippen LogP contribution is -2.14. The van der Waals surface area contributed by atoms with E-state index >= 15 is 0 Å². The zero-order valence-electron chi connectivity index (χ0n) is 11.2. The Morgan fingerprint density at radius 1 is 1.26 bits per heavy atom. The van der Waals surface area contributed by atoms with E-state index in [2.05, 4.69) is 17.2 Å². The number of benzene rings is 1. The number of hydrogen-bond donors (Lipinski definition) is 1. The van der Waals surface area contributed by atoms with E-state index in [1.165, 1.54) is 0 Å². The third kappa shape index (κ3) is 3.46.